The number of fused-ring (bicyclic) bond motifs is 4. The molecule has 2 aromatic carbocycles. The van der Waals surface area contributed by atoms with E-state index in [0.29, 0.717) is 47.2 Å². The van der Waals surface area contributed by atoms with Crippen molar-refractivity contribution in [2.75, 3.05) is 27.9 Å². The minimum atomic E-state index is -0.329. The second kappa shape index (κ2) is 8.83. The summed E-state index contributed by atoms with van der Waals surface area (Å²) in [6.45, 7) is 1.30. The van der Waals surface area contributed by atoms with Gasteiger partial charge in [-0.3, -0.25) is 13.9 Å². The van der Waals surface area contributed by atoms with Crippen LogP contribution >= 0.6 is 0 Å². The lowest BCUT2D eigenvalue weighted by molar-refractivity contribution is 0.355. The van der Waals surface area contributed by atoms with Gasteiger partial charge >= 0.3 is 5.69 Å². The van der Waals surface area contributed by atoms with E-state index in [-0.39, 0.29) is 17.3 Å². The first kappa shape index (κ1) is 22.5. The van der Waals surface area contributed by atoms with Crippen LogP contribution in [0.25, 0.3) is 10.9 Å². The zero-order chi connectivity index (χ0) is 24.0. The van der Waals surface area contributed by atoms with Crippen molar-refractivity contribution < 1.29 is 14.2 Å². The average molecular weight is 466 g/mol. The Morgan fingerprint density at radius 3 is 2.50 bits per heavy atom. The zero-order valence-corrected chi connectivity index (χ0v) is 20.1. The fourth-order valence-corrected chi connectivity index (χ4v) is 5.90. The summed E-state index contributed by atoms with van der Waals surface area (Å²) >= 11 is 0. The molecule has 3 atom stereocenters. The predicted molar refractivity (Wildman–Crippen MR) is 131 cm³/mol. The second-order valence-electron chi connectivity index (χ2n) is 9.18. The smallest absolute Gasteiger partial charge is 0.331 e. The SMILES string of the molecule is COc1cc2c(=O)n(CCC3NCC4CCc5c(OC)cccc5C43)c(=O)n(C)c2cc1OC. The van der Waals surface area contributed by atoms with Crippen LogP contribution in [0.4, 0.5) is 0 Å². The quantitative estimate of drug-likeness (QED) is 0.602. The fourth-order valence-electron chi connectivity index (χ4n) is 5.90. The summed E-state index contributed by atoms with van der Waals surface area (Å²) in [7, 11) is 6.46. The normalized spacial score (nSPS) is 21.2. The van der Waals surface area contributed by atoms with E-state index in [1.165, 1.54) is 34.5 Å². The number of hydrogen-bond donors (Lipinski definition) is 1. The Morgan fingerprint density at radius 1 is 1.03 bits per heavy atom. The summed E-state index contributed by atoms with van der Waals surface area (Å²) in [4.78, 5) is 26.5. The van der Waals surface area contributed by atoms with Crippen LogP contribution < -0.4 is 30.8 Å². The lowest BCUT2D eigenvalue weighted by atomic mass is 9.73. The van der Waals surface area contributed by atoms with Crippen LogP contribution in [-0.2, 0) is 20.0 Å². The molecule has 3 unspecified atom stereocenters. The Bertz CT molecular complexity index is 1360. The van der Waals surface area contributed by atoms with Crippen molar-refractivity contribution in [3.8, 4) is 17.2 Å². The minimum Gasteiger partial charge on any atom is -0.496 e. The highest BCUT2D eigenvalue weighted by molar-refractivity contribution is 5.82. The van der Waals surface area contributed by atoms with E-state index in [1.807, 2.05) is 6.07 Å². The van der Waals surface area contributed by atoms with Crippen molar-refractivity contribution >= 4 is 10.9 Å². The monoisotopic (exact) mass is 465 g/mol. The van der Waals surface area contributed by atoms with Gasteiger partial charge in [0.2, 0.25) is 0 Å². The largest absolute Gasteiger partial charge is 0.496 e. The molecule has 1 N–H and O–H groups in total. The van der Waals surface area contributed by atoms with Gasteiger partial charge < -0.3 is 19.5 Å². The highest BCUT2D eigenvalue weighted by Crippen LogP contribution is 2.45. The van der Waals surface area contributed by atoms with Gasteiger partial charge in [0.15, 0.2) is 11.5 Å². The molecule has 0 radical (unpaired) electrons. The first-order valence-electron chi connectivity index (χ1n) is 11.7. The molecule has 2 aliphatic rings. The third-order valence-corrected chi connectivity index (χ3v) is 7.62. The van der Waals surface area contributed by atoms with Crippen LogP contribution in [0, 0.1) is 5.92 Å². The highest BCUT2D eigenvalue weighted by Gasteiger charge is 2.40. The van der Waals surface area contributed by atoms with Gasteiger partial charge in [-0.05, 0) is 55.0 Å². The molecule has 3 aromatic rings. The third kappa shape index (κ3) is 3.48. The van der Waals surface area contributed by atoms with E-state index in [9.17, 15) is 9.59 Å². The van der Waals surface area contributed by atoms with Gasteiger partial charge in [-0.25, -0.2) is 4.79 Å². The summed E-state index contributed by atoms with van der Waals surface area (Å²) in [5.74, 6) is 2.80. The Labute approximate surface area is 198 Å². The number of aromatic nitrogens is 2. The molecular formula is C26H31N3O5. The third-order valence-electron chi connectivity index (χ3n) is 7.62. The van der Waals surface area contributed by atoms with E-state index in [1.54, 1.807) is 26.3 Å². The van der Waals surface area contributed by atoms with E-state index in [0.717, 1.165) is 25.1 Å². The van der Waals surface area contributed by atoms with Crippen LogP contribution in [0.3, 0.4) is 0 Å². The van der Waals surface area contributed by atoms with Gasteiger partial charge in [0, 0.05) is 31.6 Å². The van der Waals surface area contributed by atoms with Crippen LogP contribution in [0.2, 0.25) is 0 Å². The molecule has 1 aliphatic heterocycles. The Morgan fingerprint density at radius 2 is 1.76 bits per heavy atom. The van der Waals surface area contributed by atoms with Crippen molar-refractivity contribution in [2.45, 2.75) is 37.8 Å². The maximum Gasteiger partial charge on any atom is 0.331 e. The fraction of sp³-hybridized carbons (Fsp3) is 0.462. The predicted octanol–water partition coefficient (Wildman–Crippen LogP) is 2.43. The molecule has 8 nitrogen and oxygen atoms in total. The van der Waals surface area contributed by atoms with E-state index >= 15 is 0 Å². The van der Waals surface area contributed by atoms with Crippen LogP contribution in [0.1, 0.15) is 29.9 Å². The second-order valence-corrected chi connectivity index (χ2v) is 9.18. The van der Waals surface area contributed by atoms with Gasteiger partial charge in [0.1, 0.15) is 5.75 Å². The number of nitrogens with one attached hydrogen (secondary N) is 1. The number of nitrogens with zero attached hydrogens (tertiary/aromatic N) is 2. The molecule has 34 heavy (non-hydrogen) atoms. The Kier molecular flexibility index (Phi) is 5.85. The Balaban J connectivity index is 1.49. The number of hydrogen-bond acceptors (Lipinski definition) is 6. The molecule has 0 spiro atoms. The number of ether oxygens (including phenoxy) is 3. The Hall–Kier alpha value is -3.26. The van der Waals surface area contributed by atoms with Gasteiger partial charge in [0.05, 0.1) is 32.2 Å². The molecule has 8 heteroatoms. The average Bonchev–Trinajstić information content (AvgIpc) is 3.29. The van der Waals surface area contributed by atoms with E-state index in [4.69, 9.17) is 14.2 Å². The zero-order valence-electron chi connectivity index (χ0n) is 20.1. The lowest BCUT2D eigenvalue weighted by Gasteiger charge is -2.32. The molecular weight excluding hydrogens is 434 g/mol. The van der Waals surface area contributed by atoms with Gasteiger partial charge in [-0.2, -0.15) is 0 Å². The molecule has 5 rings (SSSR count). The lowest BCUT2D eigenvalue weighted by Crippen LogP contribution is -2.41. The van der Waals surface area contributed by atoms with E-state index < -0.39 is 0 Å². The van der Waals surface area contributed by atoms with Crippen molar-refractivity contribution in [2.24, 2.45) is 13.0 Å². The molecule has 1 fully saturated rings. The van der Waals surface area contributed by atoms with Crippen LogP contribution in [0.15, 0.2) is 39.9 Å². The minimum absolute atomic E-state index is 0.189. The molecule has 2 heterocycles. The summed E-state index contributed by atoms with van der Waals surface area (Å²) in [5.41, 5.74) is 2.52. The van der Waals surface area contributed by atoms with Gasteiger partial charge in [-0.1, -0.05) is 12.1 Å². The molecule has 1 aliphatic carbocycles. The van der Waals surface area contributed by atoms with Crippen molar-refractivity contribution in [1.82, 2.24) is 14.5 Å². The van der Waals surface area contributed by atoms with Crippen LogP contribution in [0.5, 0.6) is 17.2 Å². The topological polar surface area (TPSA) is 83.7 Å². The summed E-state index contributed by atoms with van der Waals surface area (Å²) in [5, 5.41) is 4.10. The maximum atomic E-state index is 13.4. The highest BCUT2D eigenvalue weighted by atomic mass is 16.5. The number of rotatable bonds is 6. The standard InChI is InChI=1S/C26H31N3O5/c1-28-20-13-23(34-4)22(33-3)12-18(20)25(30)29(26(28)31)11-10-19-24-15(14-27-19)8-9-16-17(24)6-5-7-21(16)32-2/h5-7,12-13,15,19,24,27H,8-11,14H2,1-4H3. The van der Waals surface area contributed by atoms with Crippen LogP contribution in [-0.4, -0.2) is 43.1 Å². The molecule has 0 bridgehead atoms. The maximum absolute atomic E-state index is 13.4. The molecule has 180 valence electrons. The first-order chi connectivity index (χ1) is 16.5. The van der Waals surface area contributed by atoms with Gasteiger partial charge in [-0.15, -0.1) is 0 Å². The summed E-state index contributed by atoms with van der Waals surface area (Å²) in [6.07, 6.45) is 2.82. The molecule has 1 aromatic heterocycles. The molecule has 1 saturated heterocycles. The van der Waals surface area contributed by atoms with Crippen molar-refractivity contribution in [3.63, 3.8) is 0 Å². The number of methoxy groups -OCH3 is 3. The molecule has 0 amide bonds. The number of benzene rings is 2. The van der Waals surface area contributed by atoms with E-state index in [2.05, 4.69) is 17.4 Å². The van der Waals surface area contributed by atoms with Crippen molar-refractivity contribution in [1.29, 1.82) is 0 Å². The summed E-state index contributed by atoms with van der Waals surface area (Å²) in [6, 6.07) is 9.80. The van der Waals surface area contributed by atoms with Gasteiger partial charge in [0.25, 0.3) is 5.56 Å². The molecule has 0 saturated carbocycles. The first-order valence-corrected chi connectivity index (χ1v) is 11.7. The van der Waals surface area contributed by atoms with Crippen molar-refractivity contribution in [3.05, 3.63) is 62.3 Å². The summed E-state index contributed by atoms with van der Waals surface area (Å²) < 4.78 is 19.2. The number of aryl methyl sites for hydroxylation is 1.